The van der Waals surface area contributed by atoms with Gasteiger partial charge in [-0.15, -0.1) is 0 Å². The Kier molecular flexibility index (Phi) is 6.44. The molecule has 8 bridgehead atoms. The Morgan fingerprint density at radius 1 is 0.775 bits per heavy atom. The minimum Gasteiger partial charge on any atom is -0.422 e. The summed E-state index contributed by atoms with van der Waals surface area (Å²) in [6.07, 6.45) is 12.3. The van der Waals surface area contributed by atoms with Crippen molar-refractivity contribution in [2.45, 2.75) is 109 Å². The molecule has 6 nitrogen and oxygen atoms in total. The number of hydrogen-bond donors (Lipinski definition) is 2. The topological polar surface area (TPSA) is 84.9 Å². The van der Waals surface area contributed by atoms with Crippen LogP contribution in [-0.2, 0) is 9.59 Å². The van der Waals surface area contributed by atoms with E-state index in [0.717, 1.165) is 38.5 Å². The number of benzene rings is 1. The van der Waals surface area contributed by atoms with Crippen LogP contribution < -0.4 is 14.8 Å². The van der Waals surface area contributed by atoms with Crippen LogP contribution in [0.5, 0.6) is 11.5 Å². The third-order valence-corrected chi connectivity index (χ3v) is 11.5. The number of aliphatic hydroxyl groups excluding tert-OH is 1. The zero-order chi connectivity index (χ0) is 27.9. The van der Waals surface area contributed by atoms with Crippen LogP contribution in [0.15, 0.2) is 18.2 Å². The van der Waals surface area contributed by atoms with Gasteiger partial charge in [-0.1, -0.05) is 6.07 Å². The number of β-amino-alcohol motifs (C(OH)–C–C–N with tert-alkyl or cyclic N) is 1. The molecule has 0 heterocycles. The molecule has 1 aromatic carbocycles. The Bertz CT molecular complexity index is 1110. The van der Waals surface area contributed by atoms with Crippen LogP contribution in [0.25, 0.3) is 0 Å². The molecule has 0 spiro atoms. The second kappa shape index (κ2) is 9.55. The molecule has 8 fully saturated rings. The minimum atomic E-state index is -0.774. The monoisotopic (exact) mass is 549 g/mol. The summed E-state index contributed by atoms with van der Waals surface area (Å²) in [5, 5.41) is 14.3. The summed E-state index contributed by atoms with van der Waals surface area (Å²) in [6, 6.07) is 5.27. The summed E-state index contributed by atoms with van der Waals surface area (Å²) < 4.78 is 12.4. The summed E-state index contributed by atoms with van der Waals surface area (Å²) in [5.74, 6) is 4.08. The third kappa shape index (κ3) is 4.91. The van der Waals surface area contributed by atoms with Gasteiger partial charge >= 0.3 is 11.9 Å². The van der Waals surface area contributed by atoms with Gasteiger partial charge in [0.1, 0.15) is 0 Å². The second-order valence-electron chi connectivity index (χ2n) is 16.0. The molecule has 40 heavy (non-hydrogen) atoms. The van der Waals surface area contributed by atoms with Crippen LogP contribution in [0.3, 0.4) is 0 Å². The van der Waals surface area contributed by atoms with Crippen molar-refractivity contribution in [3.05, 3.63) is 23.8 Å². The fourth-order valence-electron chi connectivity index (χ4n) is 10.6. The first-order chi connectivity index (χ1) is 19.0. The van der Waals surface area contributed by atoms with Gasteiger partial charge in [-0.05, 0) is 151 Å². The van der Waals surface area contributed by atoms with Gasteiger partial charge in [0.25, 0.3) is 0 Å². The molecule has 2 N–H and O–H groups in total. The zero-order valence-corrected chi connectivity index (χ0v) is 24.5. The lowest BCUT2D eigenvalue weighted by molar-refractivity contribution is -0.164. The Labute approximate surface area is 239 Å². The summed E-state index contributed by atoms with van der Waals surface area (Å²) in [5.41, 5.74) is -0.301. The van der Waals surface area contributed by atoms with E-state index in [9.17, 15) is 14.7 Å². The molecule has 1 atom stereocenters. The molecule has 0 amide bonds. The first-order valence-electron chi connectivity index (χ1n) is 16.0. The largest absolute Gasteiger partial charge is 0.422 e. The van der Waals surface area contributed by atoms with Crippen molar-refractivity contribution < 1.29 is 24.2 Å². The van der Waals surface area contributed by atoms with Crippen LogP contribution >= 0.6 is 0 Å². The molecule has 0 saturated heterocycles. The van der Waals surface area contributed by atoms with Gasteiger partial charge in [-0.2, -0.15) is 0 Å². The van der Waals surface area contributed by atoms with Gasteiger partial charge in [0.15, 0.2) is 11.5 Å². The number of ether oxygens (including phenoxy) is 2. The standard InChI is InChI=1S/C34H47NO5/c1-32(2,3)35-19-27(36)26-4-5-28(39-30(37)33-13-20-6-21(14-33)8-22(7-20)15-33)29(12-26)40-31(38)34-16-23-9-24(17-34)11-25(10-23)18-34/h4-5,12,20-25,27,35-36H,6-11,13-19H2,1-3H3. The highest BCUT2D eigenvalue weighted by Crippen LogP contribution is 2.62. The van der Waals surface area contributed by atoms with Gasteiger partial charge in [-0.3, -0.25) is 9.59 Å². The van der Waals surface area contributed by atoms with Crippen molar-refractivity contribution in [1.29, 1.82) is 0 Å². The number of carbonyl (C=O) groups excluding carboxylic acids is 2. The number of carbonyl (C=O) groups is 2. The van der Waals surface area contributed by atoms with E-state index in [1.165, 1.54) is 38.5 Å². The number of hydrogen-bond acceptors (Lipinski definition) is 6. The van der Waals surface area contributed by atoms with E-state index in [1.54, 1.807) is 18.2 Å². The van der Waals surface area contributed by atoms with Gasteiger partial charge in [-0.25, -0.2) is 0 Å². The highest BCUT2D eigenvalue weighted by atomic mass is 16.6. The maximum Gasteiger partial charge on any atom is 0.317 e. The van der Waals surface area contributed by atoms with Gasteiger partial charge < -0.3 is 19.9 Å². The maximum absolute atomic E-state index is 13.9. The SMILES string of the molecule is CC(C)(C)NCC(O)c1ccc(OC(=O)C23CC4CC(CC(C4)C2)C3)c(OC(=O)C23CC4CC(CC(C4)C2)C3)c1. The molecule has 0 radical (unpaired) electrons. The molecule has 6 heteroatoms. The molecule has 0 aromatic heterocycles. The van der Waals surface area contributed by atoms with Crippen molar-refractivity contribution in [2.75, 3.05) is 6.54 Å². The van der Waals surface area contributed by atoms with Gasteiger partial charge in [0.2, 0.25) is 0 Å². The van der Waals surface area contributed by atoms with Crippen molar-refractivity contribution in [2.24, 2.45) is 46.3 Å². The second-order valence-corrected chi connectivity index (χ2v) is 16.0. The average Bonchev–Trinajstić information content (AvgIpc) is 2.86. The fourth-order valence-corrected chi connectivity index (χ4v) is 10.6. The predicted molar refractivity (Wildman–Crippen MR) is 152 cm³/mol. The molecule has 1 aromatic rings. The van der Waals surface area contributed by atoms with Crippen molar-refractivity contribution in [3.63, 3.8) is 0 Å². The zero-order valence-electron chi connectivity index (χ0n) is 24.5. The van der Waals surface area contributed by atoms with E-state index in [4.69, 9.17) is 9.47 Å². The molecule has 9 rings (SSSR count). The molecule has 218 valence electrons. The van der Waals surface area contributed by atoms with Crippen molar-refractivity contribution in [3.8, 4) is 11.5 Å². The van der Waals surface area contributed by atoms with Gasteiger partial charge in [0, 0.05) is 12.1 Å². The lowest BCUT2D eigenvalue weighted by Gasteiger charge is -2.55. The van der Waals surface area contributed by atoms with Crippen molar-refractivity contribution >= 4 is 11.9 Å². The summed E-state index contributed by atoms with van der Waals surface area (Å²) >= 11 is 0. The lowest BCUT2D eigenvalue weighted by Crippen LogP contribution is -2.51. The first kappa shape index (κ1) is 26.9. The molecule has 1 unspecified atom stereocenters. The van der Waals surface area contributed by atoms with E-state index in [1.807, 2.05) is 0 Å². The molecular weight excluding hydrogens is 502 g/mol. The van der Waals surface area contributed by atoms with Crippen molar-refractivity contribution in [1.82, 2.24) is 5.32 Å². The highest BCUT2D eigenvalue weighted by molar-refractivity contribution is 5.83. The molecule has 0 aliphatic heterocycles. The maximum atomic E-state index is 13.9. The quantitative estimate of drug-likeness (QED) is 0.304. The normalized spacial score (nSPS) is 39.8. The molecule has 8 aliphatic rings. The van der Waals surface area contributed by atoms with Crippen LogP contribution in [0.4, 0.5) is 0 Å². The van der Waals surface area contributed by atoms with Crippen LogP contribution in [0.2, 0.25) is 0 Å². The summed E-state index contributed by atoms with van der Waals surface area (Å²) in [7, 11) is 0. The van der Waals surface area contributed by atoms with E-state index in [-0.39, 0.29) is 23.2 Å². The van der Waals surface area contributed by atoms with Crippen LogP contribution in [0, 0.1) is 46.3 Å². The predicted octanol–water partition coefficient (Wildman–Crippen LogP) is 6.35. The Morgan fingerprint density at radius 2 is 1.18 bits per heavy atom. The molecule has 8 aliphatic carbocycles. The van der Waals surface area contributed by atoms with E-state index < -0.39 is 16.9 Å². The summed E-state index contributed by atoms with van der Waals surface area (Å²) in [4.78, 5) is 27.8. The Morgan fingerprint density at radius 3 is 1.57 bits per heavy atom. The fraction of sp³-hybridized carbons (Fsp3) is 0.765. The van der Waals surface area contributed by atoms with Crippen LogP contribution in [-0.4, -0.2) is 29.1 Å². The van der Waals surface area contributed by atoms with E-state index >= 15 is 0 Å². The average molecular weight is 550 g/mol. The van der Waals surface area contributed by atoms with Crippen LogP contribution in [0.1, 0.15) is 109 Å². The Balaban J connectivity index is 1.15. The summed E-state index contributed by atoms with van der Waals surface area (Å²) in [6.45, 7) is 6.56. The third-order valence-electron chi connectivity index (χ3n) is 11.5. The smallest absolute Gasteiger partial charge is 0.317 e. The molecule has 8 saturated carbocycles. The number of aliphatic hydroxyl groups is 1. The van der Waals surface area contributed by atoms with E-state index in [0.29, 0.717) is 53.4 Å². The number of nitrogens with one attached hydrogen (secondary N) is 1. The number of rotatable bonds is 7. The Hall–Kier alpha value is -1.92. The first-order valence-corrected chi connectivity index (χ1v) is 16.0. The minimum absolute atomic E-state index is 0.137. The highest BCUT2D eigenvalue weighted by Gasteiger charge is 2.57. The van der Waals surface area contributed by atoms with E-state index in [2.05, 4.69) is 26.1 Å². The van der Waals surface area contributed by atoms with Gasteiger partial charge in [0.05, 0.1) is 16.9 Å². The number of esters is 2. The molecular formula is C34H47NO5. The lowest BCUT2D eigenvalue weighted by atomic mass is 9.49.